The number of carbonyl (C=O) groups is 1. The summed E-state index contributed by atoms with van der Waals surface area (Å²) >= 11 is 0. The van der Waals surface area contributed by atoms with Crippen LogP contribution in [0.5, 0.6) is 0 Å². The van der Waals surface area contributed by atoms with Gasteiger partial charge in [0.2, 0.25) is 0 Å². The molecule has 1 heterocycles. The molecular formula is C14H28N4O3. The van der Waals surface area contributed by atoms with E-state index in [9.17, 15) is 4.79 Å². The van der Waals surface area contributed by atoms with Gasteiger partial charge >= 0.3 is 6.09 Å². The van der Waals surface area contributed by atoms with Crippen molar-refractivity contribution in [1.29, 1.82) is 0 Å². The lowest BCUT2D eigenvalue weighted by molar-refractivity contribution is 0.0637. The summed E-state index contributed by atoms with van der Waals surface area (Å²) in [5.41, 5.74) is 5.76. The van der Waals surface area contributed by atoms with Crippen LogP contribution in [-0.4, -0.2) is 65.8 Å². The van der Waals surface area contributed by atoms with Crippen LogP contribution < -0.4 is 5.73 Å². The van der Waals surface area contributed by atoms with Gasteiger partial charge in [0, 0.05) is 26.2 Å². The SMILES string of the molecule is CCCC(C(N)=NO)N1CCN(C(=O)OCC(C)C)CC1. The van der Waals surface area contributed by atoms with Crippen LogP contribution in [0.25, 0.3) is 0 Å². The molecule has 21 heavy (non-hydrogen) atoms. The van der Waals surface area contributed by atoms with Crippen molar-refractivity contribution >= 4 is 11.9 Å². The Balaban J connectivity index is 2.48. The van der Waals surface area contributed by atoms with Gasteiger partial charge in [-0.2, -0.15) is 0 Å². The molecule has 1 saturated heterocycles. The molecule has 7 heteroatoms. The summed E-state index contributed by atoms with van der Waals surface area (Å²) in [7, 11) is 0. The van der Waals surface area contributed by atoms with Gasteiger partial charge in [-0.3, -0.25) is 4.90 Å². The number of ether oxygens (including phenoxy) is 1. The van der Waals surface area contributed by atoms with Gasteiger partial charge < -0.3 is 20.6 Å². The smallest absolute Gasteiger partial charge is 0.409 e. The highest BCUT2D eigenvalue weighted by Gasteiger charge is 2.28. The molecule has 0 aromatic carbocycles. The van der Waals surface area contributed by atoms with Crippen molar-refractivity contribution in [2.45, 2.75) is 39.7 Å². The second kappa shape index (κ2) is 8.71. The second-order valence-corrected chi connectivity index (χ2v) is 5.82. The Bertz CT molecular complexity index is 352. The van der Waals surface area contributed by atoms with E-state index in [4.69, 9.17) is 15.7 Å². The number of rotatable bonds is 6. The third-order valence-corrected chi connectivity index (χ3v) is 3.57. The fraction of sp³-hybridized carbons (Fsp3) is 0.857. The molecule has 1 atom stereocenters. The third kappa shape index (κ3) is 5.41. The van der Waals surface area contributed by atoms with Gasteiger partial charge in [-0.05, 0) is 12.3 Å². The maximum Gasteiger partial charge on any atom is 0.409 e. The molecule has 3 N–H and O–H groups in total. The van der Waals surface area contributed by atoms with E-state index in [1.807, 2.05) is 13.8 Å². The Kier molecular flexibility index (Phi) is 7.28. The van der Waals surface area contributed by atoms with E-state index >= 15 is 0 Å². The molecule has 0 saturated carbocycles. The average molecular weight is 300 g/mol. The minimum absolute atomic E-state index is 0.0613. The van der Waals surface area contributed by atoms with Crippen molar-refractivity contribution < 1.29 is 14.7 Å². The normalized spacial score (nSPS) is 18.9. The molecule has 0 aliphatic carbocycles. The van der Waals surface area contributed by atoms with Crippen molar-refractivity contribution in [2.24, 2.45) is 16.8 Å². The fourth-order valence-corrected chi connectivity index (χ4v) is 2.40. The van der Waals surface area contributed by atoms with Gasteiger partial charge in [0.15, 0.2) is 5.84 Å². The van der Waals surface area contributed by atoms with Gasteiger partial charge in [-0.15, -0.1) is 0 Å². The van der Waals surface area contributed by atoms with Gasteiger partial charge in [0.1, 0.15) is 0 Å². The van der Waals surface area contributed by atoms with Crippen LogP contribution in [0.4, 0.5) is 4.79 Å². The van der Waals surface area contributed by atoms with Crippen LogP contribution in [-0.2, 0) is 4.74 Å². The quantitative estimate of drug-likeness (QED) is 0.334. The highest BCUT2D eigenvalue weighted by atomic mass is 16.6. The zero-order valence-electron chi connectivity index (χ0n) is 13.3. The van der Waals surface area contributed by atoms with Crippen molar-refractivity contribution in [3.63, 3.8) is 0 Å². The summed E-state index contributed by atoms with van der Waals surface area (Å²) in [5, 5.41) is 12.0. The number of hydrogen-bond donors (Lipinski definition) is 2. The maximum atomic E-state index is 11.9. The molecule has 0 radical (unpaired) electrons. The Morgan fingerprint density at radius 2 is 1.95 bits per heavy atom. The molecule has 1 amide bonds. The van der Waals surface area contributed by atoms with E-state index in [1.54, 1.807) is 4.90 Å². The van der Waals surface area contributed by atoms with Crippen LogP contribution >= 0.6 is 0 Å². The minimum Gasteiger partial charge on any atom is -0.449 e. The van der Waals surface area contributed by atoms with Crippen LogP contribution in [0.1, 0.15) is 33.6 Å². The summed E-state index contributed by atoms with van der Waals surface area (Å²) in [6, 6.07) is -0.0613. The predicted molar refractivity (Wildman–Crippen MR) is 81.4 cm³/mol. The molecule has 0 aromatic heterocycles. The number of oxime groups is 1. The predicted octanol–water partition coefficient (Wildman–Crippen LogP) is 1.31. The number of nitrogens with two attached hydrogens (primary N) is 1. The molecule has 7 nitrogen and oxygen atoms in total. The van der Waals surface area contributed by atoms with E-state index in [0.717, 1.165) is 12.8 Å². The summed E-state index contributed by atoms with van der Waals surface area (Å²) in [6.07, 6.45) is 1.55. The van der Waals surface area contributed by atoms with Crippen molar-refractivity contribution in [2.75, 3.05) is 32.8 Å². The minimum atomic E-state index is -0.251. The second-order valence-electron chi connectivity index (χ2n) is 5.82. The summed E-state index contributed by atoms with van der Waals surface area (Å²) in [5.74, 6) is 0.581. The van der Waals surface area contributed by atoms with Crippen molar-refractivity contribution in [3.8, 4) is 0 Å². The Labute approximate surface area is 126 Å². The first-order chi connectivity index (χ1) is 9.99. The number of carbonyl (C=O) groups excluding carboxylic acids is 1. The van der Waals surface area contributed by atoms with Gasteiger partial charge in [0.05, 0.1) is 12.6 Å². The van der Waals surface area contributed by atoms with E-state index < -0.39 is 0 Å². The van der Waals surface area contributed by atoms with Crippen molar-refractivity contribution in [1.82, 2.24) is 9.80 Å². The van der Waals surface area contributed by atoms with Crippen LogP contribution in [0.3, 0.4) is 0 Å². The molecule has 1 aliphatic heterocycles. The van der Waals surface area contributed by atoms with Crippen LogP contribution in [0.2, 0.25) is 0 Å². The van der Waals surface area contributed by atoms with Crippen LogP contribution in [0, 0.1) is 5.92 Å². The Morgan fingerprint density at radius 3 is 2.43 bits per heavy atom. The third-order valence-electron chi connectivity index (χ3n) is 3.57. The largest absolute Gasteiger partial charge is 0.449 e. The summed E-state index contributed by atoms with van der Waals surface area (Å²) < 4.78 is 5.23. The summed E-state index contributed by atoms with van der Waals surface area (Å²) in [6.45, 7) is 9.16. The molecule has 0 spiro atoms. The van der Waals surface area contributed by atoms with Gasteiger partial charge in [-0.1, -0.05) is 32.3 Å². The molecule has 1 fully saturated rings. The Hall–Kier alpha value is -1.50. The maximum absolute atomic E-state index is 11.9. The van der Waals surface area contributed by atoms with E-state index in [-0.39, 0.29) is 18.0 Å². The Morgan fingerprint density at radius 1 is 1.33 bits per heavy atom. The van der Waals surface area contributed by atoms with Gasteiger partial charge in [0.25, 0.3) is 0 Å². The first kappa shape index (κ1) is 17.6. The number of hydrogen-bond acceptors (Lipinski definition) is 5. The van der Waals surface area contributed by atoms with Crippen molar-refractivity contribution in [3.05, 3.63) is 0 Å². The molecule has 0 aromatic rings. The first-order valence-electron chi connectivity index (χ1n) is 7.62. The highest BCUT2D eigenvalue weighted by molar-refractivity contribution is 5.85. The molecular weight excluding hydrogens is 272 g/mol. The molecule has 0 bridgehead atoms. The lowest BCUT2D eigenvalue weighted by atomic mass is 10.1. The van der Waals surface area contributed by atoms with E-state index in [2.05, 4.69) is 17.0 Å². The molecule has 1 rings (SSSR count). The topological polar surface area (TPSA) is 91.4 Å². The van der Waals surface area contributed by atoms with E-state index in [1.165, 1.54) is 0 Å². The highest BCUT2D eigenvalue weighted by Crippen LogP contribution is 2.12. The van der Waals surface area contributed by atoms with Crippen LogP contribution in [0.15, 0.2) is 5.16 Å². The zero-order chi connectivity index (χ0) is 15.8. The van der Waals surface area contributed by atoms with Gasteiger partial charge in [-0.25, -0.2) is 4.79 Å². The number of piperazine rings is 1. The lowest BCUT2D eigenvalue weighted by Gasteiger charge is -2.38. The molecule has 1 aliphatic rings. The number of nitrogens with zero attached hydrogens (tertiary/aromatic N) is 3. The fourth-order valence-electron chi connectivity index (χ4n) is 2.40. The standard InChI is InChI=1S/C14H28N4O3/c1-4-5-12(13(15)16-20)17-6-8-18(9-7-17)14(19)21-10-11(2)3/h11-12,20H,4-10H2,1-3H3,(H2,15,16). The number of amides is 1. The summed E-state index contributed by atoms with van der Waals surface area (Å²) in [4.78, 5) is 15.8. The first-order valence-corrected chi connectivity index (χ1v) is 7.62. The number of amidine groups is 1. The molecule has 122 valence electrons. The lowest BCUT2D eigenvalue weighted by Crippen LogP contribution is -2.55. The monoisotopic (exact) mass is 300 g/mol. The molecule has 1 unspecified atom stereocenters. The van der Waals surface area contributed by atoms with E-state index in [0.29, 0.717) is 38.7 Å². The average Bonchev–Trinajstić information content (AvgIpc) is 2.49. The zero-order valence-corrected chi connectivity index (χ0v) is 13.3.